The van der Waals surface area contributed by atoms with Crippen molar-refractivity contribution in [3.05, 3.63) is 0 Å². The smallest absolute Gasteiger partial charge is 0.323 e. The van der Waals surface area contributed by atoms with Crippen LogP contribution in [0.4, 0.5) is 11.9 Å². The van der Waals surface area contributed by atoms with Gasteiger partial charge in [0.05, 0.1) is 6.61 Å². The molecule has 1 aromatic heterocycles. The maximum atomic E-state index is 5.49. The van der Waals surface area contributed by atoms with Gasteiger partial charge >= 0.3 is 6.01 Å². The fraction of sp³-hybridized carbons (Fsp3) is 0.769. The Morgan fingerprint density at radius 1 is 1.19 bits per heavy atom. The van der Waals surface area contributed by atoms with E-state index in [-0.39, 0.29) is 0 Å². The Morgan fingerprint density at radius 3 is 2.48 bits per heavy atom. The van der Waals surface area contributed by atoms with Crippen LogP contribution in [0.25, 0.3) is 0 Å². The lowest BCUT2D eigenvalue weighted by atomic mass is 10.2. The van der Waals surface area contributed by atoms with Crippen molar-refractivity contribution >= 4 is 11.9 Å². The lowest BCUT2D eigenvalue weighted by molar-refractivity contribution is 0.208. The minimum atomic E-state index is 0.320. The molecule has 118 valence electrons. The van der Waals surface area contributed by atoms with Crippen molar-refractivity contribution in [2.24, 2.45) is 5.84 Å². The molecule has 0 aromatic carbocycles. The zero-order valence-electron chi connectivity index (χ0n) is 13.0. The summed E-state index contributed by atoms with van der Waals surface area (Å²) in [5.74, 6) is 6.37. The highest BCUT2D eigenvalue weighted by atomic mass is 16.5. The number of hydrogen-bond donors (Lipinski definition) is 2. The van der Waals surface area contributed by atoms with Gasteiger partial charge in [0.2, 0.25) is 11.9 Å². The molecular weight excluding hydrogens is 270 g/mol. The van der Waals surface area contributed by atoms with E-state index in [4.69, 9.17) is 10.6 Å². The fourth-order valence-corrected chi connectivity index (χ4v) is 2.25. The second-order valence-electron chi connectivity index (χ2n) is 5.35. The van der Waals surface area contributed by atoms with Crippen LogP contribution in [0.5, 0.6) is 6.01 Å². The monoisotopic (exact) mass is 295 g/mol. The number of nitrogens with two attached hydrogens (primary N) is 1. The second kappa shape index (κ2) is 7.37. The lowest BCUT2D eigenvalue weighted by Crippen LogP contribution is -2.49. The van der Waals surface area contributed by atoms with Gasteiger partial charge in [-0.3, -0.25) is 10.3 Å². The molecule has 0 spiro atoms. The Hall–Kier alpha value is -1.67. The predicted molar refractivity (Wildman–Crippen MR) is 82.3 cm³/mol. The molecule has 0 saturated carbocycles. The highest BCUT2D eigenvalue weighted by Gasteiger charge is 2.21. The summed E-state index contributed by atoms with van der Waals surface area (Å²) >= 11 is 0. The fourth-order valence-electron chi connectivity index (χ4n) is 2.25. The molecule has 2 rings (SSSR count). The van der Waals surface area contributed by atoms with Crippen molar-refractivity contribution in [3.63, 3.8) is 0 Å². The molecular formula is C13H25N7O. The highest BCUT2D eigenvalue weighted by Crippen LogP contribution is 2.17. The van der Waals surface area contributed by atoms with Crippen molar-refractivity contribution in [2.75, 3.05) is 43.1 Å². The third-order valence-corrected chi connectivity index (χ3v) is 3.49. The number of hydrogen-bond acceptors (Lipinski definition) is 8. The standard InChI is InChI=1S/C13H25N7O/c1-4-9-21-13-16-11(18-14)15-12(17-13)20-7-5-19(6-8-20)10(2)3/h10H,4-9,14H2,1-3H3,(H,15,16,17,18). The van der Waals surface area contributed by atoms with Gasteiger partial charge in [-0.2, -0.15) is 15.0 Å². The quantitative estimate of drug-likeness (QED) is 0.578. The third kappa shape index (κ3) is 4.15. The van der Waals surface area contributed by atoms with Gasteiger partial charge in [0.1, 0.15) is 0 Å². The lowest BCUT2D eigenvalue weighted by Gasteiger charge is -2.36. The largest absolute Gasteiger partial charge is 0.463 e. The van der Waals surface area contributed by atoms with E-state index >= 15 is 0 Å². The molecule has 1 aromatic rings. The van der Waals surface area contributed by atoms with Crippen LogP contribution >= 0.6 is 0 Å². The first kappa shape index (κ1) is 15.7. The number of nitrogens with one attached hydrogen (secondary N) is 1. The molecule has 1 saturated heterocycles. The van der Waals surface area contributed by atoms with Gasteiger partial charge in [-0.15, -0.1) is 0 Å². The third-order valence-electron chi connectivity index (χ3n) is 3.49. The van der Waals surface area contributed by atoms with Crippen LogP contribution in [0, 0.1) is 0 Å². The number of piperazine rings is 1. The summed E-state index contributed by atoms with van der Waals surface area (Å²) in [6.07, 6.45) is 0.902. The molecule has 2 heterocycles. The van der Waals surface area contributed by atoms with Crippen LogP contribution < -0.4 is 20.9 Å². The highest BCUT2D eigenvalue weighted by molar-refractivity contribution is 5.38. The number of aromatic nitrogens is 3. The van der Waals surface area contributed by atoms with Crippen molar-refractivity contribution in [2.45, 2.75) is 33.2 Å². The number of ether oxygens (including phenoxy) is 1. The van der Waals surface area contributed by atoms with Crippen molar-refractivity contribution < 1.29 is 4.74 Å². The SMILES string of the molecule is CCCOc1nc(NN)nc(N2CCN(C(C)C)CC2)n1. The Balaban J connectivity index is 2.08. The Bertz CT molecular complexity index is 446. The molecule has 0 atom stereocenters. The number of anilines is 2. The summed E-state index contributed by atoms with van der Waals surface area (Å²) in [4.78, 5) is 17.4. The summed E-state index contributed by atoms with van der Waals surface area (Å²) in [7, 11) is 0. The van der Waals surface area contributed by atoms with E-state index in [1.54, 1.807) is 0 Å². The van der Waals surface area contributed by atoms with Gasteiger partial charge in [0.25, 0.3) is 0 Å². The Kier molecular flexibility index (Phi) is 5.51. The predicted octanol–water partition coefficient (Wildman–Crippen LogP) is 0.476. The first-order chi connectivity index (χ1) is 10.1. The number of rotatable bonds is 6. The van der Waals surface area contributed by atoms with E-state index in [0.29, 0.717) is 30.6 Å². The minimum Gasteiger partial charge on any atom is -0.463 e. The minimum absolute atomic E-state index is 0.320. The molecule has 1 aliphatic rings. The van der Waals surface area contributed by atoms with Crippen LogP contribution in [0.3, 0.4) is 0 Å². The first-order valence-corrected chi connectivity index (χ1v) is 7.48. The number of nitrogen functional groups attached to an aromatic ring is 1. The van der Waals surface area contributed by atoms with Crippen LogP contribution in [0.2, 0.25) is 0 Å². The topological polar surface area (TPSA) is 92.4 Å². The number of nitrogens with zero attached hydrogens (tertiary/aromatic N) is 5. The van der Waals surface area contributed by atoms with E-state index in [9.17, 15) is 0 Å². The molecule has 0 bridgehead atoms. The maximum Gasteiger partial charge on any atom is 0.323 e. The van der Waals surface area contributed by atoms with Crippen LogP contribution in [0.15, 0.2) is 0 Å². The van der Waals surface area contributed by atoms with Crippen LogP contribution in [-0.4, -0.2) is 58.7 Å². The molecule has 0 aliphatic carbocycles. The van der Waals surface area contributed by atoms with E-state index in [1.165, 1.54) is 0 Å². The normalized spacial score (nSPS) is 16.3. The van der Waals surface area contributed by atoms with Gasteiger partial charge in [-0.25, -0.2) is 5.84 Å². The molecule has 21 heavy (non-hydrogen) atoms. The van der Waals surface area contributed by atoms with Gasteiger partial charge in [0.15, 0.2) is 0 Å². The zero-order valence-corrected chi connectivity index (χ0v) is 13.0. The summed E-state index contributed by atoms with van der Waals surface area (Å²) in [6, 6.07) is 0.885. The van der Waals surface area contributed by atoms with Crippen LogP contribution in [-0.2, 0) is 0 Å². The van der Waals surface area contributed by atoms with Gasteiger partial charge < -0.3 is 9.64 Å². The Labute approximate surface area is 125 Å². The summed E-state index contributed by atoms with van der Waals surface area (Å²) in [5.41, 5.74) is 2.47. The molecule has 0 unspecified atom stereocenters. The molecule has 3 N–H and O–H groups in total. The zero-order chi connectivity index (χ0) is 15.2. The number of hydrazine groups is 1. The van der Waals surface area contributed by atoms with Crippen LogP contribution in [0.1, 0.15) is 27.2 Å². The van der Waals surface area contributed by atoms with Crippen molar-refractivity contribution in [3.8, 4) is 6.01 Å². The van der Waals surface area contributed by atoms with E-state index < -0.39 is 0 Å². The molecule has 1 aliphatic heterocycles. The van der Waals surface area contributed by atoms with Crippen molar-refractivity contribution in [1.82, 2.24) is 19.9 Å². The van der Waals surface area contributed by atoms with Gasteiger partial charge in [-0.1, -0.05) is 6.92 Å². The second-order valence-corrected chi connectivity index (χ2v) is 5.35. The first-order valence-electron chi connectivity index (χ1n) is 7.48. The summed E-state index contributed by atoms with van der Waals surface area (Å²) < 4.78 is 5.49. The molecule has 1 fully saturated rings. The molecule has 8 nitrogen and oxygen atoms in total. The molecule has 0 radical (unpaired) electrons. The van der Waals surface area contributed by atoms with E-state index in [0.717, 1.165) is 32.6 Å². The van der Waals surface area contributed by atoms with E-state index in [2.05, 4.69) is 44.0 Å². The van der Waals surface area contributed by atoms with Crippen molar-refractivity contribution in [1.29, 1.82) is 0 Å². The maximum absolute atomic E-state index is 5.49. The average Bonchev–Trinajstić information content (AvgIpc) is 2.52. The summed E-state index contributed by atoms with van der Waals surface area (Å²) in [6.45, 7) is 10.8. The van der Waals surface area contributed by atoms with Gasteiger partial charge in [0, 0.05) is 32.2 Å². The molecule has 0 amide bonds. The van der Waals surface area contributed by atoms with Gasteiger partial charge in [-0.05, 0) is 20.3 Å². The summed E-state index contributed by atoms with van der Waals surface area (Å²) in [5, 5.41) is 0. The average molecular weight is 295 g/mol. The molecule has 8 heteroatoms. The van der Waals surface area contributed by atoms with E-state index in [1.807, 2.05) is 6.92 Å². The Morgan fingerprint density at radius 2 is 1.90 bits per heavy atom.